The third kappa shape index (κ3) is 5.38. The van der Waals surface area contributed by atoms with Crippen LogP contribution in [0.2, 0.25) is 0 Å². The lowest BCUT2D eigenvalue weighted by molar-refractivity contribution is 0.477. The maximum atomic E-state index is 10.2. The largest absolute Gasteiger partial charge is 0.507 e. The molecular weight excluding hydrogens is 468 g/mol. The average molecular weight is 497 g/mol. The second kappa shape index (κ2) is 10.4. The molecule has 11 nitrogen and oxygen atoms in total. The fourth-order valence-electron chi connectivity index (χ4n) is 4.32. The highest BCUT2D eigenvalue weighted by Crippen LogP contribution is 2.33. The molecule has 4 aromatic rings. The van der Waals surface area contributed by atoms with Gasteiger partial charge in [0.05, 0.1) is 17.9 Å². The third-order valence-corrected chi connectivity index (χ3v) is 6.15. The molecule has 0 radical (unpaired) electrons. The van der Waals surface area contributed by atoms with Gasteiger partial charge in [0.2, 0.25) is 5.82 Å². The number of para-hydroxylation sites is 1. The van der Waals surface area contributed by atoms with Gasteiger partial charge < -0.3 is 26.0 Å². The van der Waals surface area contributed by atoms with Crippen molar-refractivity contribution in [3.8, 4) is 28.8 Å². The van der Waals surface area contributed by atoms with E-state index < -0.39 is 0 Å². The van der Waals surface area contributed by atoms with Crippen LogP contribution in [0.15, 0.2) is 54.9 Å². The van der Waals surface area contributed by atoms with Gasteiger partial charge in [-0.05, 0) is 37.1 Å². The summed E-state index contributed by atoms with van der Waals surface area (Å²) >= 11 is 0. The number of rotatable bonds is 5. The van der Waals surface area contributed by atoms with Crippen LogP contribution in [0.25, 0.3) is 11.3 Å². The molecule has 4 N–H and O–H groups in total. The first kappa shape index (κ1) is 23.9. The lowest BCUT2D eigenvalue weighted by Gasteiger charge is -2.41. The highest BCUT2D eigenvalue weighted by atomic mass is 16.3. The summed E-state index contributed by atoms with van der Waals surface area (Å²) in [7, 11) is 1.87. The van der Waals surface area contributed by atoms with E-state index in [1.54, 1.807) is 23.0 Å². The number of benzene rings is 1. The van der Waals surface area contributed by atoms with Gasteiger partial charge in [0, 0.05) is 56.7 Å². The number of hydrogen-bond acceptors (Lipinski definition) is 10. The first-order valence-corrected chi connectivity index (χ1v) is 12.0. The lowest BCUT2D eigenvalue weighted by Crippen LogP contribution is -2.52. The number of phenols is 1. The van der Waals surface area contributed by atoms with E-state index >= 15 is 0 Å². The molecule has 1 saturated heterocycles. The molecule has 188 valence electrons. The zero-order chi connectivity index (χ0) is 25.8. The molecule has 0 aliphatic carbocycles. The van der Waals surface area contributed by atoms with Crippen LogP contribution in [0.5, 0.6) is 5.75 Å². The Morgan fingerprint density at radius 2 is 2.03 bits per heavy atom. The Morgan fingerprint density at radius 3 is 2.81 bits per heavy atom. The molecule has 4 heterocycles. The predicted molar refractivity (Wildman–Crippen MR) is 143 cm³/mol. The SMILES string of the molecule is C[C@@H]1CN(c2ccnc(C#CCNc3ccn(C)n3)n2)CCN1c1cc(-c2ccccc2O)nnc1N. The van der Waals surface area contributed by atoms with Crippen LogP contribution >= 0.6 is 0 Å². The molecule has 3 aromatic heterocycles. The van der Waals surface area contributed by atoms with Crippen LogP contribution in [0.4, 0.5) is 23.1 Å². The van der Waals surface area contributed by atoms with Gasteiger partial charge in [-0.25, -0.2) is 9.97 Å². The lowest BCUT2D eigenvalue weighted by atomic mass is 10.1. The van der Waals surface area contributed by atoms with Crippen LogP contribution in [-0.4, -0.2) is 67.3 Å². The summed E-state index contributed by atoms with van der Waals surface area (Å²) in [5.41, 5.74) is 8.22. The summed E-state index contributed by atoms with van der Waals surface area (Å²) in [6.07, 6.45) is 3.61. The second-order valence-electron chi connectivity index (χ2n) is 8.77. The average Bonchev–Trinajstić information content (AvgIpc) is 3.32. The molecule has 0 spiro atoms. The van der Waals surface area contributed by atoms with Crippen LogP contribution in [0.1, 0.15) is 12.7 Å². The molecule has 0 bridgehead atoms. The van der Waals surface area contributed by atoms with Gasteiger partial charge in [-0.3, -0.25) is 4.68 Å². The van der Waals surface area contributed by atoms with Crippen LogP contribution in [0, 0.1) is 11.8 Å². The minimum Gasteiger partial charge on any atom is -0.507 e. The van der Waals surface area contributed by atoms with Gasteiger partial charge in [-0.1, -0.05) is 18.1 Å². The summed E-state index contributed by atoms with van der Waals surface area (Å²) in [6, 6.07) is 12.9. The molecule has 37 heavy (non-hydrogen) atoms. The van der Waals surface area contributed by atoms with E-state index in [1.807, 2.05) is 43.6 Å². The number of aromatic hydroxyl groups is 1. The number of phenolic OH excluding ortho intramolecular Hbond substituents is 1. The molecule has 0 saturated carbocycles. The van der Waals surface area contributed by atoms with E-state index in [2.05, 4.69) is 59.1 Å². The normalized spacial score (nSPS) is 15.2. The number of nitrogens with zero attached hydrogens (tertiary/aromatic N) is 8. The van der Waals surface area contributed by atoms with Crippen molar-refractivity contribution in [3.05, 3.63) is 60.7 Å². The number of aryl methyl sites for hydroxylation is 1. The van der Waals surface area contributed by atoms with E-state index in [0.29, 0.717) is 29.4 Å². The van der Waals surface area contributed by atoms with Gasteiger partial charge in [-0.15, -0.1) is 10.2 Å². The van der Waals surface area contributed by atoms with E-state index in [-0.39, 0.29) is 11.8 Å². The van der Waals surface area contributed by atoms with Crippen molar-refractivity contribution in [3.63, 3.8) is 0 Å². The quantitative estimate of drug-likeness (QED) is 0.353. The van der Waals surface area contributed by atoms with Gasteiger partial charge in [0.1, 0.15) is 17.4 Å². The van der Waals surface area contributed by atoms with E-state index in [9.17, 15) is 5.11 Å². The van der Waals surface area contributed by atoms with Gasteiger partial charge >= 0.3 is 0 Å². The van der Waals surface area contributed by atoms with E-state index in [1.165, 1.54) is 0 Å². The van der Waals surface area contributed by atoms with Crippen molar-refractivity contribution < 1.29 is 5.11 Å². The Morgan fingerprint density at radius 1 is 1.16 bits per heavy atom. The number of aromatic nitrogens is 6. The maximum Gasteiger partial charge on any atom is 0.206 e. The zero-order valence-corrected chi connectivity index (χ0v) is 20.7. The van der Waals surface area contributed by atoms with Gasteiger partial charge in [-0.2, -0.15) is 5.10 Å². The van der Waals surface area contributed by atoms with Crippen molar-refractivity contribution in [1.82, 2.24) is 29.9 Å². The van der Waals surface area contributed by atoms with Crippen molar-refractivity contribution >= 4 is 23.1 Å². The second-order valence-corrected chi connectivity index (χ2v) is 8.77. The van der Waals surface area contributed by atoms with Crippen LogP contribution < -0.4 is 20.9 Å². The van der Waals surface area contributed by atoms with Crippen molar-refractivity contribution in [2.24, 2.45) is 7.05 Å². The summed E-state index contributed by atoms with van der Waals surface area (Å²) in [5.74, 6) is 8.67. The van der Waals surface area contributed by atoms with E-state index in [0.717, 1.165) is 37.0 Å². The number of nitrogen functional groups attached to an aromatic ring is 1. The first-order chi connectivity index (χ1) is 18.0. The molecule has 1 aromatic carbocycles. The fraction of sp³-hybridized carbons (Fsp3) is 0.269. The summed E-state index contributed by atoms with van der Waals surface area (Å²) in [5, 5.41) is 26.0. The number of piperazine rings is 1. The van der Waals surface area contributed by atoms with Crippen LogP contribution in [0.3, 0.4) is 0 Å². The predicted octanol–water partition coefficient (Wildman–Crippen LogP) is 2.13. The Balaban J connectivity index is 1.26. The minimum atomic E-state index is 0.129. The van der Waals surface area contributed by atoms with Gasteiger partial charge in [0.25, 0.3) is 0 Å². The maximum absolute atomic E-state index is 10.2. The molecule has 1 aliphatic heterocycles. The standard InChI is InChI=1S/C26H28N10O/c1-18-17-35(25-9-12-29-23(30-25)8-5-11-28-24-10-13-34(2)33-24)14-15-36(18)21-16-20(31-32-26(21)27)19-6-3-4-7-22(19)37/h3-4,6-7,9-10,12-13,16,18,37H,11,14-15,17H2,1-2H3,(H2,27,32)(H,28,33)/t18-/m1/s1. The van der Waals surface area contributed by atoms with E-state index in [4.69, 9.17) is 5.73 Å². The molecule has 0 amide bonds. The first-order valence-electron chi connectivity index (χ1n) is 12.0. The monoisotopic (exact) mass is 496 g/mol. The number of nitrogens with two attached hydrogens (primary N) is 1. The topological polar surface area (TPSA) is 134 Å². The Hall–Kier alpha value is -4.85. The Bertz CT molecular complexity index is 1460. The molecule has 1 atom stereocenters. The zero-order valence-electron chi connectivity index (χ0n) is 20.7. The third-order valence-electron chi connectivity index (χ3n) is 6.15. The smallest absolute Gasteiger partial charge is 0.206 e. The number of nitrogens with one attached hydrogen (secondary N) is 1. The fourth-order valence-corrected chi connectivity index (χ4v) is 4.32. The van der Waals surface area contributed by atoms with Crippen molar-refractivity contribution in [2.75, 3.05) is 47.0 Å². The molecule has 1 fully saturated rings. The Labute approximate surface area is 215 Å². The molecular formula is C26H28N10O. The highest BCUT2D eigenvalue weighted by molar-refractivity contribution is 5.74. The number of hydrogen-bond donors (Lipinski definition) is 3. The van der Waals surface area contributed by atoms with Gasteiger partial charge in [0.15, 0.2) is 5.82 Å². The highest BCUT2D eigenvalue weighted by Gasteiger charge is 2.27. The molecule has 5 rings (SSSR count). The van der Waals surface area contributed by atoms with Crippen LogP contribution in [-0.2, 0) is 7.05 Å². The van der Waals surface area contributed by atoms with Crippen molar-refractivity contribution in [2.45, 2.75) is 13.0 Å². The Kier molecular flexibility index (Phi) is 6.72. The minimum absolute atomic E-state index is 0.129. The summed E-state index contributed by atoms with van der Waals surface area (Å²) < 4.78 is 1.73. The summed E-state index contributed by atoms with van der Waals surface area (Å²) in [6.45, 7) is 4.78. The molecule has 11 heteroatoms. The van der Waals surface area contributed by atoms with Crippen molar-refractivity contribution in [1.29, 1.82) is 0 Å². The molecule has 0 unspecified atom stereocenters. The molecule has 1 aliphatic rings. The summed E-state index contributed by atoms with van der Waals surface area (Å²) in [4.78, 5) is 13.4. The number of anilines is 4.